The van der Waals surface area contributed by atoms with Crippen LogP contribution in [0.25, 0.3) is 0 Å². The Balaban J connectivity index is 1.83. The molecule has 27 heavy (non-hydrogen) atoms. The van der Waals surface area contributed by atoms with E-state index in [1.54, 1.807) is 17.2 Å². The Bertz CT molecular complexity index is 840. The van der Waals surface area contributed by atoms with E-state index in [0.717, 1.165) is 17.9 Å². The number of nitrogens with zero attached hydrogens (tertiary/aromatic N) is 5. The molecule has 0 aliphatic carbocycles. The van der Waals surface area contributed by atoms with E-state index in [1.165, 1.54) is 12.3 Å². The zero-order valence-corrected chi connectivity index (χ0v) is 15.5. The summed E-state index contributed by atoms with van der Waals surface area (Å²) in [6.45, 7) is 2.44. The van der Waals surface area contributed by atoms with Crippen LogP contribution >= 0.6 is 0 Å². The van der Waals surface area contributed by atoms with Crippen LogP contribution in [0.4, 0.5) is 5.69 Å². The lowest BCUT2D eigenvalue weighted by atomic mass is 10.2. The Hall–Kier alpha value is -2.84. The fourth-order valence-electron chi connectivity index (χ4n) is 3.06. The SMILES string of the molecule is CN(C)CCN1C(=O)CN(Cc2cc(C(=O)O)ccn2)Cc2ncccc21. The highest BCUT2D eigenvalue weighted by Crippen LogP contribution is 2.24. The summed E-state index contributed by atoms with van der Waals surface area (Å²) in [4.78, 5) is 38.5. The van der Waals surface area contributed by atoms with Crippen molar-refractivity contribution in [2.45, 2.75) is 13.1 Å². The minimum atomic E-state index is -0.993. The van der Waals surface area contributed by atoms with Gasteiger partial charge in [0.05, 0.1) is 29.2 Å². The second-order valence-corrected chi connectivity index (χ2v) is 6.80. The predicted octanol–water partition coefficient (Wildman–Crippen LogP) is 1.09. The molecular weight excluding hydrogens is 346 g/mol. The lowest BCUT2D eigenvalue weighted by molar-refractivity contribution is -0.119. The molecule has 0 saturated carbocycles. The van der Waals surface area contributed by atoms with Crippen LogP contribution < -0.4 is 4.90 Å². The van der Waals surface area contributed by atoms with Gasteiger partial charge in [0, 0.05) is 38.6 Å². The minimum absolute atomic E-state index is 0.00186. The molecule has 0 spiro atoms. The maximum Gasteiger partial charge on any atom is 0.335 e. The van der Waals surface area contributed by atoms with E-state index in [4.69, 9.17) is 5.11 Å². The third-order valence-electron chi connectivity index (χ3n) is 4.41. The van der Waals surface area contributed by atoms with Crippen LogP contribution in [0.1, 0.15) is 21.7 Å². The fourth-order valence-corrected chi connectivity index (χ4v) is 3.06. The van der Waals surface area contributed by atoms with Crippen molar-refractivity contribution in [1.29, 1.82) is 0 Å². The molecule has 0 atom stereocenters. The highest BCUT2D eigenvalue weighted by molar-refractivity contribution is 5.96. The number of carboxylic acid groups (broad SMARTS) is 1. The minimum Gasteiger partial charge on any atom is -0.478 e. The van der Waals surface area contributed by atoms with Crippen LogP contribution in [0, 0.1) is 0 Å². The van der Waals surface area contributed by atoms with Crippen molar-refractivity contribution in [3.05, 3.63) is 53.6 Å². The predicted molar refractivity (Wildman–Crippen MR) is 100 cm³/mol. The lowest BCUT2D eigenvalue weighted by Gasteiger charge is -2.24. The Kier molecular flexibility index (Phi) is 5.78. The van der Waals surface area contributed by atoms with E-state index < -0.39 is 5.97 Å². The summed E-state index contributed by atoms with van der Waals surface area (Å²) in [7, 11) is 3.94. The first-order valence-electron chi connectivity index (χ1n) is 8.73. The van der Waals surface area contributed by atoms with Crippen molar-refractivity contribution in [2.75, 3.05) is 38.6 Å². The Labute approximate surface area is 158 Å². The van der Waals surface area contributed by atoms with Crippen molar-refractivity contribution >= 4 is 17.6 Å². The lowest BCUT2D eigenvalue weighted by Crippen LogP contribution is -2.40. The summed E-state index contributed by atoms with van der Waals surface area (Å²) < 4.78 is 0. The van der Waals surface area contributed by atoms with E-state index in [-0.39, 0.29) is 18.0 Å². The average molecular weight is 369 g/mol. The van der Waals surface area contributed by atoms with Gasteiger partial charge in [-0.1, -0.05) is 0 Å². The quantitative estimate of drug-likeness (QED) is 0.815. The van der Waals surface area contributed by atoms with Gasteiger partial charge in [-0.05, 0) is 38.4 Å². The number of anilines is 1. The van der Waals surface area contributed by atoms with E-state index in [2.05, 4.69) is 9.97 Å². The number of pyridine rings is 2. The number of carbonyl (C=O) groups excluding carboxylic acids is 1. The second-order valence-electron chi connectivity index (χ2n) is 6.80. The van der Waals surface area contributed by atoms with Gasteiger partial charge in [0.2, 0.25) is 5.91 Å². The van der Waals surface area contributed by atoms with Crippen molar-refractivity contribution in [1.82, 2.24) is 19.8 Å². The molecule has 8 heteroatoms. The zero-order chi connectivity index (χ0) is 19.4. The molecule has 3 rings (SSSR count). The molecule has 1 aliphatic rings. The number of carboxylic acids is 1. The smallest absolute Gasteiger partial charge is 0.335 e. The van der Waals surface area contributed by atoms with Crippen molar-refractivity contribution in [3.63, 3.8) is 0 Å². The molecule has 142 valence electrons. The second kappa shape index (κ2) is 8.24. The number of amides is 1. The fraction of sp³-hybridized carbons (Fsp3) is 0.368. The van der Waals surface area contributed by atoms with Crippen LogP contribution in [0.15, 0.2) is 36.7 Å². The van der Waals surface area contributed by atoms with Gasteiger partial charge in [-0.2, -0.15) is 0 Å². The Morgan fingerprint density at radius 2 is 2.04 bits per heavy atom. The van der Waals surface area contributed by atoms with Gasteiger partial charge in [-0.3, -0.25) is 19.7 Å². The number of hydrogen-bond acceptors (Lipinski definition) is 6. The maximum atomic E-state index is 12.9. The van der Waals surface area contributed by atoms with Crippen LogP contribution in [-0.2, 0) is 17.9 Å². The molecule has 1 aliphatic heterocycles. The third-order valence-corrected chi connectivity index (χ3v) is 4.41. The number of fused-ring (bicyclic) bond motifs is 1. The molecule has 3 heterocycles. The van der Waals surface area contributed by atoms with Crippen LogP contribution in [0.2, 0.25) is 0 Å². The number of rotatable bonds is 6. The molecule has 8 nitrogen and oxygen atoms in total. The summed E-state index contributed by atoms with van der Waals surface area (Å²) in [5.74, 6) is -0.995. The first-order chi connectivity index (χ1) is 12.9. The van der Waals surface area contributed by atoms with E-state index in [1.807, 2.05) is 36.0 Å². The molecule has 0 fully saturated rings. The number of likely N-dealkylation sites (N-methyl/N-ethyl adjacent to an activating group) is 1. The molecule has 0 unspecified atom stereocenters. The molecule has 0 aromatic carbocycles. The molecule has 2 aromatic rings. The molecular formula is C19H23N5O3. The highest BCUT2D eigenvalue weighted by Gasteiger charge is 2.27. The van der Waals surface area contributed by atoms with Crippen LogP contribution in [0.3, 0.4) is 0 Å². The van der Waals surface area contributed by atoms with Gasteiger partial charge in [0.25, 0.3) is 0 Å². The van der Waals surface area contributed by atoms with Crippen molar-refractivity contribution < 1.29 is 14.7 Å². The zero-order valence-electron chi connectivity index (χ0n) is 15.5. The van der Waals surface area contributed by atoms with Gasteiger partial charge in [0.15, 0.2) is 0 Å². The monoisotopic (exact) mass is 369 g/mol. The van der Waals surface area contributed by atoms with Gasteiger partial charge in [0.1, 0.15) is 0 Å². The number of hydrogen-bond donors (Lipinski definition) is 1. The highest BCUT2D eigenvalue weighted by atomic mass is 16.4. The standard InChI is InChI=1S/C19H23N5O3/c1-22(2)8-9-24-17-4-3-6-21-16(17)12-23(13-18(24)25)11-15-10-14(19(26)27)5-7-20-15/h3-7,10H,8-9,11-13H2,1-2H3,(H,26,27). The first kappa shape index (κ1) is 18.9. The van der Waals surface area contributed by atoms with Gasteiger partial charge >= 0.3 is 5.97 Å². The Morgan fingerprint density at radius 3 is 2.78 bits per heavy atom. The van der Waals surface area contributed by atoms with Gasteiger partial charge < -0.3 is 14.9 Å². The summed E-state index contributed by atoms with van der Waals surface area (Å²) in [6, 6.07) is 6.76. The molecule has 0 saturated heterocycles. The van der Waals surface area contributed by atoms with Gasteiger partial charge in [-0.15, -0.1) is 0 Å². The first-order valence-corrected chi connectivity index (χ1v) is 8.73. The number of carbonyl (C=O) groups is 2. The number of aromatic nitrogens is 2. The third kappa shape index (κ3) is 4.66. The van der Waals surface area contributed by atoms with Crippen LogP contribution in [-0.4, -0.2) is 70.5 Å². The summed E-state index contributed by atoms with van der Waals surface area (Å²) in [5, 5.41) is 9.15. The molecule has 0 bridgehead atoms. The Morgan fingerprint density at radius 1 is 1.22 bits per heavy atom. The van der Waals surface area contributed by atoms with Crippen LogP contribution in [0.5, 0.6) is 0 Å². The van der Waals surface area contributed by atoms with E-state index in [0.29, 0.717) is 25.3 Å². The largest absolute Gasteiger partial charge is 0.478 e. The normalized spacial score (nSPS) is 14.9. The summed E-state index contributed by atoms with van der Waals surface area (Å²) in [6.07, 6.45) is 3.20. The maximum absolute atomic E-state index is 12.9. The molecule has 1 amide bonds. The summed E-state index contributed by atoms with van der Waals surface area (Å²) in [5.41, 5.74) is 2.46. The van der Waals surface area contributed by atoms with Crippen molar-refractivity contribution in [3.8, 4) is 0 Å². The van der Waals surface area contributed by atoms with Gasteiger partial charge in [-0.25, -0.2) is 4.79 Å². The molecule has 2 aromatic heterocycles. The average Bonchev–Trinajstić information content (AvgIpc) is 2.75. The van der Waals surface area contributed by atoms with E-state index in [9.17, 15) is 9.59 Å². The summed E-state index contributed by atoms with van der Waals surface area (Å²) >= 11 is 0. The number of aromatic carboxylic acids is 1. The molecule has 0 radical (unpaired) electrons. The van der Waals surface area contributed by atoms with Crippen molar-refractivity contribution in [2.24, 2.45) is 0 Å². The molecule has 1 N–H and O–H groups in total. The van der Waals surface area contributed by atoms with E-state index >= 15 is 0 Å². The topological polar surface area (TPSA) is 89.9 Å².